The number of amides is 1. The summed E-state index contributed by atoms with van der Waals surface area (Å²) in [7, 11) is 1.62. The number of anilines is 1. The van der Waals surface area contributed by atoms with Gasteiger partial charge in [0.25, 0.3) is 5.91 Å². The van der Waals surface area contributed by atoms with E-state index in [1.54, 1.807) is 7.11 Å². The third-order valence-electron chi connectivity index (χ3n) is 5.69. The fraction of sp³-hybridized carbons (Fsp3) is 0.321. The summed E-state index contributed by atoms with van der Waals surface area (Å²) in [6.45, 7) is 10.3. The standard InChI is InChI=1S/C28H30Cl2N2O5S/c1-7-37-24(28(3,4)5)18-10-8-9-17(23(18)36-6)22-14-38-27(31-22)32-25(33)16-12-20(29)19(21(30)13-16)11-15(2)26(34)35/h8-14,24H,7H2,1-6H3,(H,34,35)(H,31,32,33)/b15-11+. The minimum Gasteiger partial charge on any atom is -0.496 e. The van der Waals surface area contributed by atoms with Gasteiger partial charge in [-0.15, -0.1) is 11.3 Å². The van der Waals surface area contributed by atoms with E-state index < -0.39 is 11.9 Å². The number of nitrogens with zero attached hydrogens (tertiary/aromatic N) is 1. The SMILES string of the molecule is CCOC(c1cccc(-c2csc(NC(=O)c3cc(Cl)c(/C=C(\C)C(=O)O)c(Cl)c3)n2)c1OC)C(C)(C)C. The van der Waals surface area contributed by atoms with E-state index in [-0.39, 0.29) is 32.7 Å². The van der Waals surface area contributed by atoms with Crippen molar-refractivity contribution in [2.75, 3.05) is 19.0 Å². The van der Waals surface area contributed by atoms with Gasteiger partial charge in [0.1, 0.15) is 5.75 Å². The molecule has 0 saturated carbocycles. The zero-order chi connectivity index (χ0) is 28.2. The van der Waals surface area contributed by atoms with E-state index in [9.17, 15) is 9.59 Å². The molecule has 0 saturated heterocycles. The first-order valence-electron chi connectivity index (χ1n) is 11.8. The summed E-state index contributed by atoms with van der Waals surface area (Å²) in [4.78, 5) is 28.7. The number of hydrogen-bond acceptors (Lipinski definition) is 6. The Bertz CT molecular complexity index is 1350. The molecule has 0 bridgehead atoms. The molecule has 0 aliphatic rings. The monoisotopic (exact) mass is 576 g/mol. The van der Waals surface area contributed by atoms with Crippen molar-refractivity contribution in [2.24, 2.45) is 5.41 Å². The van der Waals surface area contributed by atoms with Crippen LogP contribution in [0.15, 0.2) is 41.3 Å². The first-order valence-corrected chi connectivity index (χ1v) is 13.5. The van der Waals surface area contributed by atoms with E-state index in [4.69, 9.17) is 37.8 Å². The summed E-state index contributed by atoms with van der Waals surface area (Å²) in [5.41, 5.74) is 2.80. The number of aromatic nitrogens is 1. The van der Waals surface area contributed by atoms with Gasteiger partial charge in [0.05, 0.1) is 29.0 Å². The van der Waals surface area contributed by atoms with E-state index in [0.717, 1.165) is 11.1 Å². The highest BCUT2D eigenvalue weighted by Crippen LogP contribution is 2.44. The summed E-state index contributed by atoms with van der Waals surface area (Å²) in [6.07, 6.45) is 1.17. The molecule has 0 aliphatic heterocycles. The minimum atomic E-state index is -1.09. The lowest BCUT2D eigenvalue weighted by molar-refractivity contribution is -0.132. The lowest BCUT2D eigenvalue weighted by Crippen LogP contribution is -2.22. The molecular weight excluding hydrogens is 547 g/mol. The zero-order valence-corrected chi connectivity index (χ0v) is 24.3. The number of carboxylic acid groups (broad SMARTS) is 1. The van der Waals surface area contributed by atoms with Crippen LogP contribution in [0, 0.1) is 5.41 Å². The fourth-order valence-corrected chi connectivity index (χ4v) is 5.22. The van der Waals surface area contributed by atoms with Gasteiger partial charge in [-0.05, 0) is 43.5 Å². The minimum absolute atomic E-state index is 0.0656. The van der Waals surface area contributed by atoms with Gasteiger partial charge in [-0.3, -0.25) is 10.1 Å². The second kappa shape index (κ2) is 12.3. The maximum Gasteiger partial charge on any atom is 0.331 e. The smallest absolute Gasteiger partial charge is 0.331 e. The molecular formula is C28H30Cl2N2O5S. The van der Waals surface area contributed by atoms with E-state index in [0.29, 0.717) is 28.7 Å². The summed E-state index contributed by atoms with van der Waals surface area (Å²) in [5, 5.41) is 14.4. The number of ether oxygens (including phenoxy) is 2. The van der Waals surface area contributed by atoms with Gasteiger partial charge in [-0.25, -0.2) is 9.78 Å². The van der Waals surface area contributed by atoms with Crippen molar-refractivity contribution < 1.29 is 24.2 Å². The summed E-state index contributed by atoms with van der Waals surface area (Å²) >= 11 is 13.9. The maximum absolute atomic E-state index is 12.9. The van der Waals surface area contributed by atoms with Crippen LogP contribution in [0.1, 0.15) is 62.2 Å². The van der Waals surface area contributed by atoms with Crippen LogP contribution in [0.4, 0.5) is 5.13 Å². The number of carbonyl (C=O) groups excluding carboxylic acids is 1. The van der Waals surface area contributed by atoms with Crippen molar-refractivity contribution in [1.82, 2.24) is 4.98 Å². The van der Waals surface area contributed by atoms with Gasteiger partial charge >= 0.3 is 5.97 Å². The Hall–Kier alpha value is -2.91. The molecule has 3 rings (SSSR count). The van der Waals surface area contributed by atoms with Gasteiger partial charge in [0.15, 0.2) is 5.13 Å². The molecule has 0 aliphatic carbocycles. The number of thiazole rings is 1. The quantitative estimate of drug-likeness (QED) is 0.250. The second-order valence-corrected chi connectivity index (χ2v) is 11.3. The average Bonchev–Trinajstić information content (AvgIpc) is 3.31. The molecule has 7 nitrogen and oxygen atoms in total. The Morgan fingerprint density at radius 2 is 1.87 bits per heavy atom. The molecule has 10 heteroatoms. The number of halogens is 2. The molecule has 1 heterocycles. The number of nitrogens with one attached hydrogen (secondary N) is 1. The lowest BCUT2D eigenvalue weighted by Gasteiger charge is -2.32. The Balaban J connectivity index is 1.90. The number of hydrogen-bond donors (Lipinski definition) is 2. The zero-order valence-electron chi connectivity index (χ0n) is 22.0. The number of carboxylic acids is 1. The van der Waals surface area contributed by atoms with Crippen LogP contribution in [0.5, 0.6) is 5.75 Å². The summed E-state index contributed by atoms with van der Waals surface area (Å²) in [5.74, 6) is -0.875. The third-order valence-corrected chi connectivity index (χ3v) is 7.08. The molecule has 1 atom stereocenters. The predicted molar refractivity (Wildman–Crippen MR) is 154 cm³/mol. The average molecular weight is 578 g/mol. The number of methoxy groups -OCH3 is 1. The van der Waals surface area contributed by atoms with Crippen LogP contribution in [0.2, 0.25) is 10.0 Å². The molecule has 0 spiro atoms. The second-order valence-electron chi connectivity index (χ2n) is 9.61. The number of benzene rings is 2. The van der Waals surface area contributed by atoms with Crippen LogP contribution in [-0.4, -0.2) is 35.7 Å². The Morgan fingerprint density at radius 1 is 1.21 bits per heavy atom. The summed E-state index contributed by atoms with van der Waals surface area (Å²) in [6, 6.07) is 8.72. The first kappa shape index (κ1) is 29.6. The van der Waals surface area contributed by atoms with Crippen molar-refractivity contribution in [1.29, 1.82) is 0 Å². The highest BCUT2D eigenvalue weighted by Gasteiger charge is 2.30. The highest BCUT2D eigenvalue weighted by atomic mass is 35.5. The van der Waals surface area contributed by atoms with Crippen LogP contribution in [0.25, 0.3) is 17.3 Å². The topological polar surface area (TPSA) is 97.8 Å². The lowest BCUT2D eigenvalue weighted by atomic mass is 9.83. The number of rotatable bonds is 9. The maximum atomic E-state index is 12.9. The van der Waals surface area contributed by atoms with Gasteiger partial charge in [0.2, 0.25) is 0 Å². The van der Waals surface area contributed by atoms with Crippen molar-refractivity contribution >= 4 is 57.6 Å². The van der Waals surface area contributed by atoms with Crippen molar-refractivity contribution in [3.63, 3.8) is 0 Å². The Kier molecular flexibility index (Phi) is 9.59. The molecule has 1 aromatic heterocycles. The Morgan fingerprint density at radius 3 is 2.42 bits per heavy atom. The fourth-order valence-electron chi connectivity index (χ4n) is 3.92. The molecule has 3 aromatic rings. The summed E-state index contributed by atoms with van der Waals surface area (Å²) < 4.78 is 11.9. The van der Waals surface area contributed by atoms with Crippen molar-refractivity contribution in [3.05, 3.63) is 68.0 Å². The van der Waals surface area contributed by atoms with Crippen LogP contribution in [-0.2, 0) is 9.53 Å². The highest BCUT2D eigenvalue weighted by molar-refractivity contribution is 7.14. The predicted octanol–water partition coefficient (Wildman–Crippen LogP) is 7.99. The van der Waals surface area contributed by atoms with Gasteiger partial charge in [0, 0.05) is 39.8 Å². The number of para-hydroxylation sites is 1. The van der Waals surface area contributed by atoms with E-state index in [1.165, 1.54) is 36.5 Å². The Labute approximate surface area is 236 Å². The molecule has 1 amide bonds. The number of aliphatic carboxylic acids is 1. The third kappa shape index (κ3) is 6.74. The van der Waals surface area contributed by atoms with Crippen molar-refractivity contribution in [2.45, 2.75) is 40.7 Å². The van der Waals surface area contributed by atoms with Gasteiger partial charge in [-0.2, -0.15) is 0 Å². The van der Waals surface area contributed by atoms with Gasteiger partial charge in [-0.1, -0.05) is 56.1 Å². The van der Waals surface area contributed by atoms with Crippen LogP contribution < -0.4 is 10.1 Å². The molecule has 202 valence electrons. The van der Waals surface area contributed by atoms with Gasteiger partial charge < -0.3 is 14.6 Å². The molecule has 0 fully saturated rings. The first-order chi connectivity index (χ1) is 17.9. The number of carbonyl (C=O) groups is 2. The van der Waals surface area contributed by atoms with E-state index in [1.807, 2.05) is 30.5 Å². The van der Waals surface area contributed by atoms with E-state index in [2.05, 4.69) is 31.1 Å². The molecule has 1 unspecified atom stereocenters. The van der Waals surface area contributed by atoms with E-state index >= 15 is 0 Å². The molecule has 2 N–H and O–H groups in total. The van der Waals surface area contributed by atoms with Crippen LogP contribution in [0.3, 0.4) is 0 Å². The molecule has 38 heavy (non-hydrogen) atoms. The largest absolute Gasteiger partial charge is 0.496 e. The van der Waals surface area contributed by atoms with Crippen LogP contribution >= 0.6 is 34.5 Å². The molecule has 0 radical (unpaired) electrons. The molecule has 2 aromatic carbocycles. The normalized spacial score (nSPS) is 12.8. The van der Waals surface area contributed by atoms with Crippen molar-refractivity contribution in [3.8, 4) is 17.0 Å².